The second-order valence-corrected chi connectivity index (χ2v) is 7.84. The highest BCUT2D eigenvalue weighted by molar-refractivity contribution is 5.77. The lowest BCUT2D eigenvalue weighted by Crippen LogP contribution is -3.15. The van der Waals surface area contributed by atoms with Crippen LogP contribution in [0.2, 0.25) is 0 Å². The first-order valence-corrected chi connectivity index (χ1v) is 9.78. The maximum Gasteiger partial charge on any atom is 0.260 e. The number of amides is 1. The number of quaternary nitrogens is 1. The van der Waals surface area contributed by atoms with Gasteiger partial charge in [-0.1, -0.05) is 12.2 Å². The lowest BCUT2D eigenvalue weighted by molar-refractivity contribution is -0.907. The van der Waals surface area contributed by atoms with Gasteiger partial charge in [0, 0.05) is 5.92 Å². The van der Waals surface area contributed by atoms with Gasteiger partial charge in [-0.05, 0) is 48.9 Å². The van der Waals surface area contributed by atoms with Gasteiger partial charge < -0.3 is 19.3 Å². The molecule has 3 aliphatic rings. The second-order valence-electron chi connectivity index (χ2n) is 7.84. The zero-order chi connectivity index (χ0) is 17.9. The summed E-state index contributed by atoms with van der Waals surface area (Å²) in [5, 5.41) is 0. The number of carbonyl (C=O) groups is 1. The van der Waals surface area contributed by atoms with Gasteiger partial charge in [-0.25, -0.2) is 0 Å². The first kappa shape index (κ1) is 17.4. The van der Waals surface area contributed by atoms with Crippen LogP contribution in [-0.4, -0.2) is 57.2 Å². The summed E-state index contributed by atoms with van der Waals surface area (Å²) in [5.74, 6) is 4.11. The number of rotatable bonds is 6. The third-order valence-electron chi connectivity index (χ3n) is 6.21. The molecule has 3 atom stereocenters. The van der Waals surface area contributed by atoms with Gasteiger partial charge in [0.05, 0.1) is 39.8 Å². The van der Waals surface area contributed by atoms with E-state index in [0.29, 0.717) is 5.75 Å². The summed E-state index contributed by atoms with van der Waals surface area (Å²) in [6.07, 6.45) is 7.61. The summed E-state index contributed by atoms with van der Waals surface area (Å²) in [6, 6.07) is 7.34. The van der Waals surface area contributed by atoms with Crippen LogP contribution in [0.5, 0.6) is 11.5 Å². The molecule has 1 aromatic carbocycles. The van der Waals surface area contributed by atoms with Crippen molar-refractivity contribution >= 4 is 5.91 Å². The number of nitrogens with zero attached hydrogens (tertiary/aromatic N) is 1. The van der Waals surface area contributed by atoms with Crippen LogP contribution in [0.4, 0.5) is 0 Å². The quantitative estimate of drug-likeness (QED) is 0.773. The molecule has 140 valence electrons. The molecular weight excluding hydrogens is 328 g/mol. The monoisotopic (exact) mass is 357 g/mol. The maximum atomic E-state index is 12.4. The molecule has 1 aliphatic heterocycles. The molecule has 0 spiro atoms. The predicted molar refractivity (Wildman–Crippen MR) is 99.5 cm³/mol. The number of allylic oxidation sites excluding steroid dienone is 2. The highest BCUT2D eigenvalue weighted by Gasteiger charge is 2.38. The topological polar surface area (TPSA) is 43.2 Å². The van der Waals surface area contributed by atoms with Gasteiger partial charge in [0.2, 0.25) is 0 Å². The minimum Gasteiger partial charge on any atom is -0.497 e. The summed E-state index contributed by atoms with van der Waals surface area (Å²) in [6.45, 7) is 5.19. The van der Waals surface area contributed by atoms with Crippen molar-refractivity contribution in [3.05, 3.63) is 36.4 Å². The molecule has 2 bridgehead atoms. The third kappa shape index (κ3) is 3.88. The number of piperazine rings is 1. The van der Waals surface area contributed by atoms with Crippen LogP contribution < -0.4 is 14.4 Å². The Morgan fingerprint density at radius 2 is 1.85 bits per heavy atom. The van der Waals surface area contributed by atoms with Crippen LogP contribution in [-0.2, 0) is 4.79 Å². The molecule has 4 rings (SSSR count). The van der Waals surface area contributed by atoms with Gasteiger partial charge in [-0.3, -0.25) is 4.79 Å². The molecule has 0 aromatic heterocycles. The van der Waals surface area contributed by atoms with Gasteiger partial charge in [0.15, 0.2) is 6.61 Å². The minimum absolute atomic E-state index is 0.0859. The highest BCUT2D eigenvalue weighted by Crippen LogP contribution is 2.42. The van der Waals surface area contributed by atoms with Crippen LogP contribution in [0.25, 0.3) is 0 Å². The third-order valence-corrected chi connectivity index (χ3v) is 6.21. The number of nitrogens with one attached hydrogen (secondary N) is 1. The van der Waals surface area contributed by atoms with E-state index in [1.165, 1.54) is 19.4 Å². The molecule has 2 aliphatic carbocycles. The van der Waals surface area contributed by atoms with Gasteiger partial charge in [0.25, 0.3) is 5.91 Å². The van der Waals surface area contributed by atoms with Crippen LogP contribution in [0, 0.1) is 17.8 Å². The number of carbonyl (C=O) groups excluding carboxylic acids is 1. The first-order valence-electron chi connectivity index (χ1n) is 9.78. The Bertz CT molecular complexity index is 650. The standard InChI is InChI=1S/C21H28N2O3/c1-25-19-4-6-20(7-5-19)26-15-21(24)23-10-8-22(9-11-23)14-18-13-16-2-3-17(18)12-16/h2-7,16-18H,8-15H2,1H3/p+1/t16-,17-,18+/m0/s1. The van der Waals surface area contributed by atoms with Crippen LogP contribution in [0.1, 0.15) is 12.8 Å². The Balaban J connectivity index is 1.19. The van der Waals surface area contributed by atoms with Crippen LogP contribution in [0.3, 0.4) is 0 Å². The van der Waals surface area contributed by atoms with E-state index in [9.17, 15) is 4.79 Å². The molecule has 5 nitrogen and oxygen atoms in total. The van der Waals surface area contributed by atoms with E-state index >= 15 is 0 Å². The average molecular weight is 357 g/mol. The smallest absolute Gasteiger partial charge is 0.260 e. The van der Waals surface area contributed by atoms with Crippen molar-refractivity contribution < 1.29 is 19.2 Å². The summed E-state index contributed by atoms with van der Waals surface area (Å²) < 4.78 is 10.8. The van der Waals surface area contributed by atoms with Crippen LogP contribution >= 0.6 is 0 Å². The Morgan fingerprint density at radius 1 is 1.12 bits per heavy atom. The van der Waals surface area contributed by atoms with Crippen molar-refractivity contribution in [2.45, 2.75) is 12.8 Å². The molecule has 1 aromatic rings. The number of benzene rings is 1. The average Bonchev–Trinajstić information content (AvgIpc) is 3.30. The van der Waals surface area contributed by atoms with E-state index in [2.05, 4.69) is 12.2 Å². The lowest BCUT2D eigenvalue weighted by atomic mass is 9.93. The molecule has 1 saturated heterocycles. The molecule has 1 amide bonds. The lowest BCUT2D eigenvalue weighted by Gasteiger charge is -2.34. The van der Waals surface area contributed by atoms with E-state index in [0.717, 1.165) is 49.7 Å². The fourth-order valence-electron chi connectivity index (χ4n) is 4.68. The van der Waals surface area contributed by atoms with Gasteiger partial charge in [0.1, 0.15) is 11.5 Å². The van der Waals surface area contributed by atoms with Gasteiger partial charge in [-0.15, -0.1) is 0 Å². The second kappa shape index (κ2) is 7.70. The molecule has 0 unspecified atom stereocenters. The molecule has 1 heterocycles. The fourth-order valence-corrected chi connectivity index (χ4v) is 4.68. The van der Waals surface area contributed by atoms with Crippen molar-refractivity contribution in [3.63, 3.8) is 0 Å². The molecule has 2 fully saturated rings. The Kier molecular flexibility index (Phi) is 5.16. The van der Waals surface area contributed by atoms with Gasteiger partial charge >= 0.3 is 0 Å². The van der Waals surface area contributed by atoms with Gasteiger partial charge in [-0.2, -0.15) is 0 Å². The summed E-state index contributed by atoms with van der Waals surface area (Å²) >= 11 is 0. The SMILES string of the molecule is COc1ccc(OCC(=O)N2CC[NH+](C[C@H]3C[C@H]4C=C[C@H]3C4)CC2)cc1. The molecule has 0 radical (unpaired) electrons. The van der Waals surface area contributed by atoms with E-state index in [1.54, 1.807) is 12.0 Å². The van der Waals surface area contributed by atoms with E-state index in [-0.39, 0.29) is 12.5 Å². The Labute approximate surface area is 155 Å². The normalized spacial score (nSPS) is 27.7. The van der Waals surface area contributed by atoms with Crippen molar-refractivity contribution in [1.82, 2.24) is 4.90 Å². The molecule has 5 heteroatoms. The van der Waals surface area contributed by atoms with E-state index in [1.807, 2.05) is 29.2 Å². The zero-order valence-corrected chi connectivity index (χ0v) is 15.5. The summed E-state index contributed by atoms with van der Waals surface area (Å²) in [7, 11) is 1.63. The number of hydrogen-bond donors (Lipinski definition) is 1. The van der Waals surface area contributed by atoms with Crippen molar-refractivity contribution in [2.75, 3.05) is 46.4 Å². The predicted octanol–water partition coefficient (Wildman–Crippen LogP) is 1.01. The van der Waals surface area contributed by atoms with Crippen molar-refractivity contribution in [3.8, 4) is 11.5 Å². The summed E-state index contributed by atoms with van der Waals surface area (Å²) in [5.41, 5.74) is 0. The largest absolute Gasteiger partial charge is 0.497 e. The Morgan fingerprint density at radius 3 is 2.46 bits per heavy atom. The molecule has 1 N–H and O–H groups in total. The molecular formula is C21H29N2O3+. The fraction of sp³-hybridized carbons (Fsp3) is 0.571. The number of hydrogen-bond acceptors (Lipinski definition) is 3. The van der Waals surface area contributed by atoms with E-state index < -0.39 is 0 Å². The van der Waals surface area contributed by atoms with Crippen molar-refractivity contribution in [1.29, 1.82) is 0 Å². The van der Waals surface area contributed by atoms with Crippen LogP contribution in [0.15, 0.2) is 36.4 Å². The first-order chi connectivity index (χ1) is 12.7. The summed E-state index contributed by atoms with van der Waals surface area (Å²) in [4.78, 5) is 16.0. The molecule has 1 saturated carbocycles. The maximum absolute atomic E-state index is 12.4. The Hall–Kier alpha value is -2.01. The molecule has 26 heavy (non-hydrogen) atoms. The number of fused-ring (bicyclic) bond motifs is 2. The zero-order valence-electron chi connectivity index (χ0n) is 15.5. The number of ether oxygens (including phenoxy) is 2. The number of methoxy groups -OCH3 is 1. The van der Waals surface area contributed by atoms with E-state index in [4.69, 9.17) is 9.47 Å². The highest BCUT2D eigenvalue weighted by atomic mass is 16.5. The minimum atomic E-state index is 0.0859. The van der Waals surface area contributed by atoms with Crippen molar-refractivity contribution in [2.24, 2.45) is 17.8 Å².